The molecule has 2 aromatic heterocycles. The van der Waals surface area contributed by atoms with Gasteiger partial charge < -0.3 is 9.47 Å². The minimum atomic E-state index is 0.0310. The Labute approximate surface area is 163 Å². The Hall–Kier alpha value is -2.64. The van der Waals surface area contributed by atoms with E-state index in [0.717, 1.165) is 48.8 Å². The third kappa shape index (κ3) is 3.95. The van der Waals surface area contributed by atoms with Crippen LogP contribution in [0.2, 0.25) is 0 Å². The van der Waals surface area contributed by atoms with Gasteiger partial charge in [-0.2, -0.15) is 0 Å². The normalized spacial score (nSPS) is 14.8. The Morgan fingerprint density at radius 2 is 2.04 bits per heavy atom. The van der Waals surface area contributed by atoms with Crippen LogP contribution in [0.4, 0.5) is 0 Å². The van der Waals surface area contributed by atoms with Crippen molar-refractivity contribution >= 4 is 5.65 Å². The molecule has 0 bridgehead atoms. The van der Waals surface area contributed by atoms with Gasteiger partial charge in [0.2, 0.25) is 0 Å². The number of hydrogen-bond acceptors (Lipinski definition) is 5. The first kappa shape index (κ1) is 18.7. The number of rotatable bonds is 6. The minimum absolute atomic E-state index is 0.0310. The van der Waals surface area contributed by atoms with Crippen molar-refractivity contribution < 1.29 is 9.47 Å². The second kappa shape index (κ2) is 8.16. The molecular formula is C21H26N4O3. The van der Waals surface area contributed by atoms with Crippen LogP contribution in [0.5, 0.6) is 5.75 Å². The first-order valence-electron chi connectivity index (χ1n) is 9.67. The number of aromatic amines is 1. The van der Waals surface area contributed by atoms with Crippen LogP contribution in [0.1, 0.15) is 22.5 Å². The molecule has 0 amide bonds. The number of fused-ring (bicyclic) bond motifs is 2. The molecule has 0 unspecified atom stereocenters. The van der Waals surface area contributed by atoms with Crippen LogP contribution in [0.3, 0.4) is 0 Å². The Morgan fingerprint density at radius 1 is 1.18 bits per heavy atom. The maximum absolute atomic E-state index is 12.8. The second-order valence-corrected chi connectivity index (χ2v) is 7.24. The highest BCUT2D eigenvalue weighted by Crippen LogP contribution is 2.18. The third-order valence-corrected chi connectivity index (χ3v) is 5.13. The molecule has 0 atom stereocenters. The van der Waals surface area contributed by atoms with E-state index in [1.807, 2.05) is 25.1 Å². The molecule has 4 rings (SSSR count). The summed E-state index contributed by atoms with van der Waals surface area (Å²) in [5, 5.41) is 3.08. The fourth-order valence-corrected chi connectivity index (χ4v) is 3.72. The summed E-state index contributed by atoms with van der Waals surface area (Å²) in [7, 11) is 1.67. The van der Waals surface area contributed by atoms with Crippen molar-refractivity contribution in [3.05, 3.63) is 63.2 Å². The monoisotopic (exact) mass is 382 g/mol. The van der Waals surface area contributed by atoms with Crippen molar-refractivity contribution in [1.29, 1.82) is 0 Å². The molecule has 28 heavy (non-hydrogen) atoms. The van der Waals surface area contributed by atoms with E-state index in [-0.39, 0.29) is 5.56 Å². The van der Waals surface area contributed by atoms with Gasteiger partial charge in [0, 0.05) is 50.5 Å². The van der Waals surface area contributed by atoms with Crippen LogP contribution >= 0.6 is 0 Å². The molecule has 7 nitrogen and oxygen atoms in total. The molecular weight excluding hydrogens is 356 g/mol. The van der Waals surface area contributed by atoms with E-state index in [4.69, 9.17) is 14.5 Å². The van der Waals surface area contributed by atoms with E-state index >= 15 is 0 Å². The van der Waals surface area contributed by atoms with E-state index in [9.17, 15) is 4.79 Å². The quantitative estimate of drug-likeness (QED) is 0.660. The summed E-state index contributed by atoms with van der Waals surface area (Å²) in [6.07, 6.45) is 1.50. The number of nitrogens with zero attached hydrogens (tertiary/aromatic N) is 3. The van der Waals surface area contributed by atoms with E-state index in [1.165, 1.54) is 5.56 Å². The van der Waals surface area contributed by atoms with Gasteiger partial charge in [0.25, 0.3) is 5.56 Å². The van der Waals surface area contributed by atoms with Gasteiger partial charge in [-0.25, -0.2) is 9.50 Å². The zero-order valence-corrected chi connectivity index (χ0v) is 16.4. The first-order valence-corrected chi connectivity index (χ1v) is 9.67. The zero-order chi connectivity index (χ0) is 19.5. The molecule has 7 heteroatoms. The summed E-state index contributed by atoms with van der Waals surface area (Å²) in [6.45, 7) is 5.60. The largest absolute Gasteiger partial charge is 0.491 e. The van der Waals surface area contributed by atoms with Crippen molar-refractivity contribution in [2.24, 2.45) is 0 Å². The number of nitrogens with one attached hydrogen (secondary N) is 1. The fourth-order valence-electron chi connectivity index (χ4n) is 3.72. The summed E-state index contributed by atoms with van der Waals surface area (Å²) in [5.74, 6) is 0.859. The summed E-state index contributed by atoms with van der Waals surface area (Å²) < 4.78 is 12.3. The van der Waals surface area contributed by atoms with Crippen molar-refractivity contribution in [3.8, 4) is 5.75 Å². The predicted octanol–water partition coefficient (Wildman–Crippen LogP) is 1.96. The van der Waals surface area contributed by atoms with Gasteiger partial charge in [0.05, 0.1) is 12.3 Å². The molecule has 148 valence electrons. The Kier molecular flexibility index (Phi) is 5.45. The average molecular weight is 382 g/mol. The molecule has 1 aliphatic heterocycles. The Morgan fingerprint density at radius 3 is 2.89 bits per heavy atom. The highest BCUT2D eigenvalue weighted by atomic mass is 16.5. The lowest BCUT2D eigenvalue weighted by molar-refractivity contribution is 0.146. The molecule has 1 aliphatic rings. The predicted molar refractivity (Wildman–Crippen MR) is 107 cm³/mol. The molecule has 0 saturated heterocycles. The highest BCUT2D eigenvalue weighted by Gasteiger charge is 2.20. The molecule has 0 fully saturated rings. The van der Waals surface area contributed by atoms with E-state index in [1.54, 1.807) is 11.6 Å². The standard InChI is InChI=1S/C21H26N4O3/c1-15-12-20-22-19-7-9-24(8-6-18(19)21(26)25(20)23-15)14-16-4-3-5-17(13-16)28-11-10-27-2/h3-5,12-13,23H,6-11,14H2,1-2H3. The van der Waals surface area contributed by atoms with Gasteiger partial charge >= 0.3 is 0 Å². The van der Waals surface area contributed by atoms with Crippen molar-refractivity contribution in [2.45, 2.75) is 26.3 Å². The van der Waals surface area contributed by atoms with Crippen molar-refractivity contribution in [3.63, 3.8) is 0 Å². The fraction of sp³-hybridized carbons (Fsp3) is 0.429. The van der Waals surface area contributed by atoms with Crippen LogP contribution in [0.25, 0.3) is 5.65 Å². The third-order valence-electron chi connectivity index (χ3n) is 5.13. The lowest BCUT2D eigenvalue weighted by Gasteiger charge is -2.20. The smallest absolute Gasteiger partial charge is 0.276 e. The lowest BCUT2D eigenvalue weighted by Crippen LogP contribution is -2.26. The maximum atomic E-state index is 12.8. The number of benzene rings is 1. The number of hydrogen-bond donors (Lipinski definition) is 1. The molecule has 0 aliphatic carbocycles. The highest BCUT2D eigenvalue weighted by molar-refractivity contribution is 5.42. The summed E-state index contributed by atoms with van der Waals surface area (Å²) in [5.41, 5.74) is 4.65. The second-order valence-electron chi connectivity index (χ2n) is 7.24. The lowest BCUT2D eigenvalue weighted by atomic mass is 10.1. The van der Waals surface area contributed by atoms with E-state index in [0.29, 0.717) is 25.3 Å². The molecule has 3 heterocycles. The van der Waals surface area contributed by atoms with Gasteiger partial charge in [-0.15, -0.1) is 0 Å². The van der Waals surface area contributed by atoms with E-state index < -0.39 is 0 Å². The molecule has 1 aromatic carbocycles. The minimum Gasteiger partial charge on any atom is -0.491 e. The number of methoxy groups -OCH3 is 1. The summed E-state index contributed by atoms with van der Waals surface area (Å²) in [6, 6.07) is 10.1. The summed E-state index contributed by atoms with van der Waals surface area (Å²) >= 11 is 0. The van der Waals surface area contributed by atoms with Gasteiger partial charge in [0.15, 0.2) is 5.65 Å². The molecule has 0 saturated carbocycles. The number of ether oxygens (including phenoxy) is 2. The SMILES string of the molecule is COCCOc1cccc(CN2CCc3nc4cc(C)[nH]n4c(=O)c3CC2)c1. The van der Waals surface area contributed by atoms with Crippen LogP contribution < -0.4 is 10.3 Å². The molecule has 0 radical (unpaired) electrons. The van der Waals surface area contributed by atoms with Crippen LogP contribution in [-0.4, -0.2) is 52.9 Å². The van der Waals surface area contributed by atoms with Gasteiger partial charge in [-0.3, -0.25) is 14.8 Å². The van der Waals surface area contributed by atoms with Gasteiger partial charge in [-0.1, -0.05) is 12.1 Å². The Bertz CT molecular complexity index is 1020. The topological polar surface area (TPSA) is 71.9 Å². The molecule has 1 N–H and O–H groups in total. The summed E-state index contributed by atoms with van der Waals surface area (Å²) in [4.78, 5) is 19.9. The first-order chi connectivity index (χ1) is 13.6. The number of aromatic nitrogens is 3. The zero-order valence-electron chi connectivity index (χ0n) is 16.4. The van der Waals surface area contributed by atoms with E-state index in [2.05, 4.69) is 22.1 Å². The molecule has 3 aromatic rings. The Balaban J connectivity index is 1.47. The van der Waals surface area contributed by atoms with Crippen LogP contribution in [0.15, 0.2) is 35.1 Å². The van der Waals surface area contributed by atoms with Crippen LogP contribution in [-0.2, 0) is 24.1 Å². The van der Waals surface area contributed by atoms with Crippen molar-refractivity contribution in [1.82, 2.24) is 19.5 Å². The number of H-pyrrole nitrogens is 1. The van der Waals surface area contributed by atoms with Gasteiger partial charge in [0.1, 0.15) is 12.4 Å². The van der Waals surface area contributed by atoms with Crippen molar-refractivity contribution in [2.75, 3.05) is 33.4 Å². The number of aryl methyl sites for hydroxylation is 1. The average Bonchev–Trinajstić information content (AvgIpc) is 2.94. The molecule has 0 spiro atoms. The van der Waals surface area contributed by atoms with Gasteiger partial charge in [-0.05, 0) is 31.0 Å². The van der Waals surface area contributed by atoms with Crippen LogP contribution in [0, 0.1) is 6.92 Å². The maximum Gasteiger partial charge on any atom is 0.276 e.